The van der Waals surface area contributed by atoms with E-state index >= 15 is 0 Å². The number of hydrogen-bond acceptors (Lipinski definition) is 4. The van der Waals surface area contributed by atoms with Gasteiger partial charge in [0, 0.05) is 6.07 Å². The van der Waals surface area contributed by atoms with Gasteiger partial charge in [0.2, 0.25) is 5.88 Å². The third-order valence-electron chi connectivity index (χ3n) is 3.14. The van der Waals surface area contributed by atoms with Gasteiger partial charge < -0.3 is 10.5 Å². The smallest absolute Gasteiger partial charge is 0.233 e. The highest BCUT2D eigenvalue weighted by molar-refractivity contribution is 5.24. The molecule has 0 radical (unpaired) electrons. The lowest BCUT2D eigenvalue weighted by Gasteiger charge is -2.11. The van der Waals surface area contributed by atoms with Crippen molar-refractivity contribution < 1.29 is 4.74 Å². The van der Waals surface area contributed by atoms with Crippen LogP contribution in [-0.2, 0) is 12.8 Å². The van der Waals surface area contributed by atoms with Crippen molar-refractivity contribution in [3.8, 4) is 5.88 Å². The Morgan fingerprint density at radius 3 is 2.26 bits per heavy atom. The van der Waals surface area contributed by atoms with Crippen molar-refractivity contribution >= 4 is 0 Å². The van der Waals surface area contributed by atoms with Crippen LogP contribution in [-0.4, -0.2) is 17.3 Å². The van der Waals surface area contributed by atoms with E-state index in [9.17, 15) is 0 Å². The normalized spacial score (nSPS) is 12.2. The summed E-state index contributed by atoms with van der Waals surface area (Å²) in [7, 11) is 1.57. The van der Waals surface area contributed by atoms with Gasteiger partial charge in [0.15, 0.2) is 0 Å². The van der Waals surface area contributed by atoms with Gasteiger partial charge in [0.1, 0.15) is 0 Å². The fourth-order valence-corrected chi connectivity index (χ4v) is 1.91. The zero-order chi connectivity index (χ0) is 13.7. The third kappa shape index (κ3) is 3.51. The maximum Gasteiger partial charge on any atom is 0.233 e. The van der Waals surface area contributed by atoms with Crippen LogP contribution in [0.2, 0.25) is 0 Å². The molecular weight excluding hydrogens is 238 g/mol. The highest BCUT2D eigenvalue weighted by Gasteiger charge is 2.09. The number of rotatable bonds is 5. The number of aryl methyl sites for hydroxylation is 1. The summed E-state index contributed by atoms with van der Waals surface area (Å²) < 4.78 is 4.98. The molecule has 0 spiro atoms. The molecular formula is C15H19N3O. The van der Waals surface area contributed by atoms with Crippen LogP contribution in [0.15, 0.2) is 36.4 Å². The van der Waals surface area contributed by atoms with Crippen LogP contribution < -0.4 is 10.5 Å². The Morgan fingerprint density at radius 1 is 1.05 bits per heavy atom. The molecule has 100 valence electrons. The molecule has 2 N–H and O–H groups in total. The third-order valence-corrected chi connectivity index (χ3v) is 3.14. The summed E-state index contributed by atoms with van der Waals surface area (Å²) in [4.78, 5) is 0. The van der Waals surface area contributed by atoms with Crippen LogP contribution in [0.5, 0.6) is 5.88 Å². The molecule has 1 unspecified atom stereocenters. The zero-order valence-electron chi connectivity index (χ0n) is 11.3. The molecule has 0 aliphatic heterocycles. The van der Waals surface area contributed by atoms with E-state index in [2.05, 4.69) is 41.4 Å². The number of methoxy groups -OCH3 is 1. The largest absolute Gasteiger partial charge is 0.480 e. The number of ether oxygens (including phenoxy) is 1. The summed E-state index contributed by atoms with van der Waals surface area (Å²) in [6.07, 6.45) is 1.81. The fourth-order valence-electron chi connectivity index (χ4n) is 1.91. The summed E-state index contributed by atoms with van der Waals surface area (Å²) in [5.41, 5.74) is 9.47. The van der Waals surface area contributed by atoms with Crippen molar-refractivity contribution in [3.63, 3.8) is 0 Å². The van der Waals surface area contributed by atoms with Crippen molar-refractivity contribution in [2.75, 3.05) is 7.11 Å². The summed E-state index contributed by atoms with van der Waals surface area (Å²) in [6.45, 7) is 2.15. The fraction of sp³-hybridized carbons (Fsp3) is 0.333. The lowest BCUT2D eigenvalue weighted by molar-refractivity contribution is 0.390. The topological polar surface area (TPSA) is 61.0 Å². The van der Waals surface area contributed by atoms with E-state index in [4.69, 9.17) is 10.5 Å². The van der Waals surface area contributed by atoms with Gasteiger partial charge in [-0.25, -0.2) is 0 Å². The van der Waals surface area contributed by atoms with Gasteiger partial charge in [0.05, 0.1) is 18.8 Å². The van der Waals surface area contributed by atoms with Crippen LogP contribution in [0.1, 0.15) is 29.8 Å². The van der Waals surface area contributed by atoms with E-state index in [1.54, 1.807) is 13.2 Å². The first-order valence-electron chi connectivity index (χ1n) is 6.44. The molecule has 1 aromatic carbocycles. The van der Waals surface area contributed by atoms with Crippen molar-refractivity contribution in [2.24, 2.45) is 5.73 Å². The average molecular weight is 257 g/mol. The van der Waals surface area contributed by atoms with E-state index in [-0.39, 0.29) is 6.04 Å². The summed E-state index contributed by atoms with van der Waals surface area (Å²) in [5.74, 6) is 0.503. The van der Waals surface area contributed by atoms with Gasteiger partial charge in [0.25, 0.3) is 0 Å². The van der Waals surface area contributed by atoms with Crippen molar-refractivity contribution in [1.29, 1.82) is 0 Å². The molecule has 0 saturated carbocycles. The minimum absolute atomic E-state index is 0.147. The highest BCUT2D eigenvalue weighted by atomic mass is 16.5. The van der Waals surface area contributed by atoms with E-state index < -0.39 is 0 Å². The van der Waals surface area contributed by atoms with Crippen LogP contribution in [0.4, 0.5) is 0 Å². The molecule has 0 saturated heterocycles. The molecule has 0 aliphatic carbocycles. The van der Waals surface area contributed by atoms with Gasteiger partial charge in [-0.1, -0.05) is 31.2 Å². The summed E-state index contributed by atoms with van der Waals surface area (Å²) in [6, 6.07) is 12.0. The summed E-state index contributed by atoms with van der Waals surface area (Å²) in [5, 5.41) is 8.01. The van der Waals surface area contributed by atoms with Crippen molar-refractivity contribution in [2.45, 2.75) is 25.8 Å². The minimum atomic E-state index is -0.147. The molecule has 19 heavy (non-hydrogen) atoms. The van der Waals surface area contributed by atoms with Crippen LogP contribution in [0.25, 0.3) is 0 Å². The Kier molecular flexibility index (Phi) is 4.47. The average Bonchev–Trinajstić information content (AvgIpc) is 2.48. The van der Waals surface area contributed by atoms with Gasteiger partial charge in [-0.15, -0.1) is 5.10 Å². The lowest BCUT2D eigenvalue weighted by Crippen LogP contribution is -2.15. The van der Waals surface area contributed by atoms with Crippen LogP contribution >= 0.6 is 0 Å². The number of nitrogens with two attached hydrogens (primary N) is 1. The van der Waals surface area contributed by atoms with Gasteiger partial charge >= 0.3 is 0 Å². The molecule has 2 aromatic rings. The molecule has 4 heteroatoms. The number of hydrogen-bond donors (Lipinski definition) is 1. The van der Waals surface area contributed by atoms with Crippen molar-refractivity contribution in [3.05, 3.63) is 53.2 Å². The Bertz CT molecular complexity index is 508. The molecule has 0 aliphatic rings. The van der Waals surface area contributed by atoms with Gasteiger partial charge in [-0.3, -0.25) is 0 Å². The van der Waals surface area contributed by atoms with Crippen LogP contribution in [0, 0.1) is 0 Å². The maximum absolute atomic E-state index is 6.15. The van der Waals surface area contributed by atoms with E-state index in [1.807, 2.05) is 6.07 Å². The van der Waals surface area contributed by atoms with E-state index in [0.717, 1.165) is 18.5 Å². The zero-order valence-corrected chi connectivity index (χ0v) is 11.3. The SMILES string of the molecule is CCc1ccc(CC(N)c2ccc(OC)nn2)cc1. The first-order valence-corrected chi connectivity index (χ1v) is 6.44. The molecule has 1 aromatic heterocycles. The number of nitrogens with zero attached hydrogens (tertiary/aromatic N) is 2. The Morgan fingerprint density at radius 2 is 1.74 bits per heavy atom. The maximum atomic E-state index is 6.15. The monoisotopic (exact) mass is 257 g/mol. The highest BCUT2D eigenvalue weighted by Crippen LogP contribution is 2.16. The second-order valence-electron chi connectivity index (χ2n) is 4.48. The van der Waals surface area contributed by atoms with Crippen LogP contribution in [0.3, 0.4) is 0 Å². The van der Waals surface area contributed by atoms with Gasteiger partial charge in [-0.2, -0.15) is 5.10 Å². The molecule has 0 amide bonds. The lowest BCUT2D eigenvalue weighted by atomic mass is 10.0. The molecule has 1 atom stereocenters. The first-order chi connectivity index (χ1) is 9.22. The first kappa shape index (κ1) is 13.5. The predicted molar refractivity (Wildman–Crippen MR) is 75.0 cm³/mol. The minimum Gasteiger partial charge on any atom is -0.480 e. The number of aromatic nitrogens is 2. The van der Waals surface area contributed by atoms with E-state index in [1.165, 1.54) is 11.1 Å². The Hall–Kier alpha value is -1.94. The number of benzene rings is 1. The molecule has 4 nitrogen and oxygen atoms in total. The molecule has 2 rings (SSSR count). The molecule has 0 fully saturated rings. The van der Waals surface area contributed by atoms with Crippen molar-refractivity contribution in [1.82, 2.24) is 10.2 Å². The van der Waals surface area contributed by atoms with E-state index in [0.29, 0.717) is 5.88 Å². The Labute approximate surface area is 113 Å². The quantitative estimate of drug-likeness (QED) is 0.892. The predicted octanol–water partition coefficient (Wildman–Crippen LogP) is 2.29. The molecule has 0 bridgehead atoms. The summed E-state index contributed by atoms with van der Waals surface area (Å²) >= 11 is 0. The standard InChI is InChI=1S/C15H19N3O/c1-3-11-4-6-12(7-5-11)10-13(16)14-8-9-15(19-2)18-17-14/h4-9,13H,3,10,16H2,1-2H3. The molecule has 1 heterocycles. The van der Waals surface area contributed by atoms with Gasteiger partial charge in [-0.05, 0) is 30.0 Å². The second-order valence-corrected chi connectivity index (χ2v) is 4.48. The second kappa shape index (κ2) is 6.29. The Balaban J connectivity index is 2.04.